The zero-order valence-electron chi connectivity index (χ0n) is 25.4. The van der Waals surface area contributed by atoms with Crippen LogP contribution in [0.15, 0.2) is 140 Å². The summed E-state index contributed by atoms with van der Waals surface area (Å²) in [4.78, 5) is 29.8. The molecule has 0 aliphatic heterocycles. The van der Waals surface area contributed by atoms with E-state index in [4.69, 9.17) is 14.2 Å². The van der Waals surface area contributed by atoms with Crippen molar-refractivity contribution in [1.82, 2.24) is 4.90 Å². The SMILES string of the molecule is CCOC(=O)C(C(=O)c1ccc(OCc2ccccc2)c(OCc2ccccc2)c1)N(Cc1ccccc1)Cc1ccccc1. The molecule has 0 radical (unpaired) electrons. The van der Waals surface area contributed by atoms with Crippen LogP contribution < -0.4 is 9.47 Å². The fourth-order valence-electron chi connectivity index (χ4n) is 5.04. The lowest BCUT2D eigenvalue weighted by Gasteiger charge is -2.29. The van der Waals surface area contributed by atoms with Crippen LogP contribution in [0.4, 0.5) is 0 Å². The van der Waals surface area contributed by atoms with Gasteiger partial charge in [-0.15, -0.1) is 0 Å². The van der Waals surface area contributed by atoms with Crippen molar-refractivity contribution in [3.05, 3.63) is 167 Å². The van der Waals surface area contributed by atoms with Crippen LogP contribution in [0.25, 0.3) is 0 Å². The van der Waals surface area contributed by atoms with Crippen molar-refractivity contribution in [2.24, 2.45) is 0 Å². The zero-order chi connectivity index (χ0) is 31.3. The van der Waals surface area contributed by atoms with Crippen LogP contribution in [0.2, 0.25) is 0 Å². The maximum Gasteiger partial charge on any atom is 0.331 e. The third-order valence-electron chi connectivity index (χ3n) is 7.28. The molecule has 6 heteroatoms. The number of esters is 1. The van der Waals surface area contributed by atoms with Crippen LogP contribution in [0.3, 0.4) is 0 Å². The fraction of sp³-hybridized carbons (Fsp3) is 0.179. The Hall–Kier alpha value is -5.20. The van der Waals surface area contributed by atoms with Gasteiger partial charge in [0.05, 0.1) is 6.61 Å². The highest BCUT2D eigenvalue weighted by Crippen LogP contribution is 2.31. The summed E-state index contributed by atoms with van der Waals surface area (Å²) in [7, 11) is 0. The largest absolute Gasteiger partial charge is 0.485 e. The van der Waals surface area contributed by atoms with Crippen LogP contribution in [-0.4, -0.2) is 29.3 Å². The predicted octanol–water partition coefficient (Wildman–Crippen LogP) is 7.66. The van der Waals surface area contributed by atoms with Gasteiger partial charge in [0, 0.05) is 18.7 Å². The van der Waals surface area contributed by atoms with Crippen molar-refractivity contribution in [3.63, 3.8) is 0 Å². The van der Waals surface area contributed by atoms with E-state index in [9.17, 15) is 9.59 Å². The molecule has 1 unspecified atom stereocenters. The molecule has 0 saturated carbocycles. The lowest BCUT2D eigenvalue weighted by molar-refractivity contribution is -0.148. The molecular weight excluding hydrogens is 562 g/mol. The molecule has 45 heavy (non-hydrogen) atoms. The topological polar surface area (TPSA) is 65.1 Å². The maximum atomic E-state index is 14.4. The van der Waals surface area contributed by atoms with Gasteiger partial charge in [-0.1, -0.05) is 121 Å². The predicted molar refractivity (Wildman–Crippen MR) is 175 cm³/mol. The van der Waals surface area contributed by atoms with E-state index in [1.54, 1.807) is 25.1 Å². The summed E-state index contributed by atoms with van der Waals surface area (Å²) >= 11 is 0. The van der Waals surface area contributed by atoms with Gasteiger partial charge >= 0.3 is 5.97 Å². The van der Waals surface area contributed by atoms with E-state index < -0.39 is 12.0 Å². The Morgan fingerprint density at radius 1 is 0.578 bits per heavy atom. The molecule has 0 amide bonds. The summed E-state index contributed by atoms with van der Waals surface area (Å²) in [5.74, 6) is -0.0460. The average molecular weight is 600 g/mol. The summed E-state index contributed by atoms with van der Waals surface area (Å²) < 4.78 is 17.9. The molecule has 0 spiro atoms. The first-order chi connectivity index (χ1) is 22.1. The first-order valence-electron chi connectivity index (χ1n) is 15.1. The van der Waals surface area contributed by atoms with Crippen LogP contribution in [0, 0.1) is 0 Å². The number of hydrogen-bond donors (Lipinski definition) is 0. The van der Waals surface area contributed by atoms with E-state index >= 15 is 0 Å². The molecule has 5 aromatic carbocycles. The number of carbonyl (C=O) groups is 2. The standard InChI is InChI=1S/C39H37NO5/c1-2-43-39(42)37(40(26-30-15-7-3-8-16-30)27-31-17-9-4-10-18-31)38(41)34-23-24-35(44-28-32-19-11-5-12-20-32)36(25-34)45-29-33-21-13-6-14-22-33/h3-25,37H,2,26-29H2,1H3. The number of ether oxygens (including phenoxy) is 3. The highest BCUT2D eigenvalue weighted by molar-refractivity contribution is 6.12. The lowest BCUT2D eigenvalue weighted by Crippen LogP contribution is -2.47. The van der Waals surface area contributed by atoms with Crippen LogP contribution in [0.5, 0.6) is 11.5 Å². The molecule has 228 valence electrons. The Balaban J connectivity index is 1.48. The second kappa shape index (κ2) is 16.0. The second-order valence-corrected chi connectivity index (χ2v) is 10.6. The van der Waals surface area contributed by atoms with Gasteiger partial charge in [0.2, 0.25) is 0 Å². The Morgan fingerprint density at radius 3 is 1.49 bits per heavy atom. The summed E-state index contributed by atoms with van der Waals surface area (Å²) in [6, 6.07) is 43.2. The molecule has 0 aliphatic rings. The monoisotopic (exact) mass is 599 g/mol. The molecular formula is C39H37NO5. The Labute approximate surface area is 264 Å². The zero-order valence-corrected chi connectivity index (χ0v) is 25.4. The highest BCUT2D eigenvalue weighted by atomic mass is 16.5. The number of Topliss-reactive ketones (excluding diaryl/α,β-unsaturated/α-hetero) is 1. The number of carbonyl (C=O) groups excluding carboxylic acids is 2. The lowest BCUT2D eigenvalue weighted by atomic mass is 10.0. The van der Waals surface area contributed by atoms with Crippen molar-refractivity contribution in [2.75, 3.05) is 6.61 Å². The Kier molecular flexibility index (Phi) is 11.1. The quantitative estimate of drug-likeness (QED) is 0.0699. The number of hydrogen-bond acceptors (Lipinski definition) is 6. The van der Waals surface area contributed by atoms with E-state index in [1.165, 1.54) is 0 Å². The molecule has 0 N–H and O–H groups in total. The van der Waals surface area contributed by atoms with Crippen LogP contribution >= 0.6 is 0 Å². The summed E-state index contributed by atoms with van der Waals surface area (Å²) in [6.07, 6.45) is 0. The average Bonchev–Trinajstić information content (AvgIpc) is 3.08. The summed E-state index contributed by atoms with van der Waals surface area (Å²) in [5.41, 5.74) is 4.27. The van der Waals surface area contributed by atoms with Crippen molar-refractivity contribution in [1.29, 1.82) is 0 Å². The first-order valence-corrected chi connectivity index (χ1v) is 15.1. The van der Waals surface area contributed by atoms with Gasteiger partial charge in [-0.3, -0.25) is 9.69 Å². The molecule has 0 aliphatic carbocycles. The third kappa shape index (κ3) is 8.91. The number of ketones is 1. The van der Waals surface area contributed by atoms with Gasteiger partial charge in [0.15, 0.2) is 23.3 Å². The third-order valence-corrected chi connectivity index (χ3v) is 7.28. The van der Waals surface area contributed by atoms with Gasteiger partial charge in [-0.05, 0) is 47.4 Å². The van der Waals surface area contributed by atoms with E-state index in [-0.39, 0.29) is 19.0 Å². The minimum absolute atomic E-state index is 0.158. The molecule has 5 rings (SSSR count). The Morgan fingerprint density at radius 2 is 1.02 bits per heavy atom. The normalized spacial score (nSPS) is 11.5. The van der Waals surface area contributed by atoms with Crippen LogP contribution in [0.1, 0.15) is 39.5 Å². The number of benzene rings is 5. The minimum atomic E-state index is -1.18. The molecule has 0 bridgehead atoms. The van der Waals surface area contributed by atoms with Crippen LogP contribution in [-0.2, 0) is 35.8 Å². The van der Waals surface area contributed by atoms with Gasteiger partial charge < -0.3 is 14.2 Å². The molecule has 1 atom stereocenters. The fourth-order valence-corrected chi connectivity index (χ4v) is 5.04. The van der Waals surface area contributed by atoms with Crippen molar-refractivity contribution < 1.29 is 23.8 Å². The summed E-state index contributed by atoms with van der Waals surface area (Å²) in [6.45, 7) is 3.28. The van der Waals surface area contributed by atoms with Crippen molar-refractivity contribution in [2.45, 2.75) is 39.3 Å². The first kappa shape index (κ1) is 31.2. The smallest absolute Gasteiger partial charge is 0.331 e. The summed E-state index contributed by atoms with van der Waals surface area (Å²) in [5, 5.41) is 0. The van der Waals surface area contributed by atoms with Gasteiger partial charge in [-0.25, -0.2) is 4.79 Å². The molecule has 5 aromatic rings. The molecule has 6 nitrogen and oxygen atoms in total. The van der Waals surface area contributed by atoms with E-state index in [1.807, 2.05) is 126 Å². The molecule has 0 fully saturated rings. The Bertz CT molecular complexity index is 1600. The van der Waals surface area contributed by atoms with E-state index in [0.717, 1.165) is 22.3 Å². The molecule has 0 saturated heterocycles. The van der Waals surface area contributed by atoms with Crippen molar-refractivity contribution in [3.8, 4) is 11.5 Å². The minimum Gasteiger partial charge on any atom is -0.485 e. The van der Waals surface area contributed by atoms with E-state index in [0.29, 0.717) is 36.8 Å². The number of nitrogens with zero attached hydrogens (tertiary/aromatic N) is 1. The molecule has 0 aromatic heterocycles. The number of rotatable bonds is 15. The van der Waals surface area contributed by atoms with Crippen molar-refractivity contribution >= 4 is 11.8 Å². The molecule has 0 heterocycles. The van der Waals surface area contributed by atoms with Gasteiger partial charge in [0.25, 0.3) is 0 Å². The highest BCUT2D eigenvalue weighted by Gasteiger charge is 2.35. The van der Waals surface area contributed by atoms with Gasteiger partial charge in [0.1, 0.15) is 13.2 Å². The maximum absolute atomic E-state index is 14.4. The second-order valence-electron chi connectivity index (χ2n) is 10.6. The van der Waals surface area contributed by atoms with E-state index in [2.05, 4.69) is 0 Å². The van der Waals surface area contributed by atoms with Gasteiger partial charge in [-0.2, -0.15) is 0 Å².